The van der Waals surface area contributed by atoms with Gasteiger partial charge in [0.15, 0.2) is 0 Å². The monoisotopic (exact) mass is 470 g/mol. The van der Waals surface area contributed by atoms with E-state index in [0.717, 1.165) is 33.6 Å². The molecule has 180 valence electrons. The molecule has 1 aliphatic carbocycles. The smallest absolute Gasteiger partial charge is 0.320 e. The van der Waals surface area contributed by atoms with Crippen molar-refractivity contribution < 1.29 is 9.90 Å². The van der Waals surface area contributed by atoms with Crippen molar-refractivity contribution in [2.24, 2.45) is 7.05 Å². The van der Waals surface area contributed by atoms with Gasteiger partial charge in [0.05, 0.1) is 24.0 Å². The number of aromatic nitrogens is 4. The SMILES string of the molecule is Cc1c(-c2cnn(C)c2)nn(-c2ccccc2)c1NC(=O)NC1c2ccccc2C(C)(C)CC1O. The molecule has 0 saturated heterocycles. The van der Waals surface area contributed by atoms with E-state index >= 15 is 0 Å². The molecule has 5 rings (SSSR count). The fourth-order valence-corrected chi connectivity index (χ4v) is 5.02. The van der Waals surface area contributed by atoms with Gasteiger partial charge in [0.1, 0.15) is 11.5 Å². The summed E-state index contributed by atoms with van der Waals surface area (Å²) in [5, 5.41) is 26.0. The molecule has 0 radical (unpaired) electrons. The summed E-state index contributed by atoms with van der Waals surface area (Å²) in [4.78, 5) is 13.3. The quantitative estimate of drug-likeness (QED) is 0.410. The number of hydrogen-bond donors (Lipinski definition) is 3. The molecule has 0 saturated carbocycles. The number of aliphatic hydroxyl groups excluding tert-OH is 1. The highest BCUT2D eigenvalue weighted by atomic mass is 16.3. The molecule has 2 unspecified atom stereocenters. The zero-order valence-corrected chi connectivity index (χ0v) is 20.4. The van der Waals surface area contributed by atoms with Crippen molar-refractivity contribution in [3.8, 4) is 16.9 Å². The van der Waals surface area contributed by atoms with Gasteiger partial charge in [0, 0.05) is 24.4 Å². The molecule has 2 atom stereocenters. The number of aryl methyl sites for hydroxylation is 1. The molecule has 0 fully saturated rings. The summed E-state index contributed by atoms with van der Waals surface area (Å²) in [6.07, 6.45) is 3.51. The number of carbonyl (C=O) groups excluding carboxylic acids is 1. The van der Waals surface area contributed by atoms with Gasteiger partial charge in [0.25, 0.3) is 0 Å². The first-order valence-corrected chi connectivity index (χ1v) is 11.7. The molecule has 8 heteroatoms. The number of hydrogen-bond acceptors (Lipinski definition) is 4. The number of benzene rings is 2. The molecule has 2 amide bonds. The molecule has 0 bridgehead atoms. The number of anilines is 1. The molecule has 8 nitrogen and oxygen atoms in total. The van der Waals surface area contributed by atoms with E-state index < -0.39 is 18.2 Å². The Morgan fingerprint density at radius 3 is 2.54 bits per heavy atom. The van der Waals surface area contributed by atoms with Gasteiger partial charge in [-0.1, -0.05) is 56.3 Å². The summed E-state index contributed by atoms with van der Waals surface area (Å²) >= 11 is 0. The lowest BCUT2D eigenvalue weighted by atomic mass is 9.70. The van der Waals surface area contributed by atoms with Crippen LogP contribution in [0.2, 0.25) is 0 Å². The Balaban J connectivity index is 1.48. The first-order chi connectivity index (χ1) is 16.7. The minimum atomic E-state index is -0.697. The van der Waals surface area contributed by atoms with Crippen LogP contribution in [-0.2, 0) is 12.5 Å². The molecule has 1 aliphatic rings. The van der Waals surface area contributed by atoms with Gasteiger partial charge in [-0.2, -0.15) is 10.2 Å². The van der Waals surface area contributed by atoms with Crippen LogP contribution in [0.15, 0.2) is 67.0 Å². The Kier molecular flexibility index (Phi) is 5.68. The molecular weight excluding hydrogens is 440 g/mol. The van der Waals surface area contributed by atoms with E-state index in [-0.39, 0.29) is 5.41 Å². The van der Waals surface area contributed by atoms with E-state index in [1.165, 1.54) is 0 Å². The standard InChI is InChI=1S/C27H30N6O2/c1-17-23(18-15-28-32(4)16-18)31-33(19-10-6-5-7-11-19)25(17)30-26(35)29-24-20-12-8-9-13-21(20)27(2,3)14-22(24)34/h5-13,15-16,22,24,34H,14H2,1-4H3,(H2,29,30,35). The van der Waals surface area contributed by atoms with Crippen LogP contribution in [0.3, 0.4) is 0 Å². The van der Waals surface area contributed by atoms with E-state index in [1.807, 2.05) is 68.7 Å². The van der Waals surface area contributed by atoms with Crippen molar-refractivity contribution in [3.05, 3.63) is 83.7 Å². The number of carbonyl (C=O) groups is 1. The number of nitrogens with zero attached hydrogens (tertiary/aromatic N) is 4. The lowest BCUT2D eigenvalue weighted by Gasteiger charge is -2.40. The minimum Gasteiger partial charge on any atom is -0.391 e. The van der Waals surface area contributed by atoms with Crippen LogP contribution in [0.1, 0.15) is 43.0 Å². The van der Waals surface area contributed by atoms with Crippen LogP contribution in [0, 0.1) is 6.92 Å². The van der Waals surface area contributed by atoms with Crippen molar-refractivity contribution in [1.29, 1.82) is 0 Å². The lowest BCUT2D eigenvalue weighted by molar-refractivity contribution is 0.0883. The maximum atomic E-state index is 13.3. The summed E-state index contributed by atoms with van der Waals surface area (Å²) < 4.78 is 3.45. The zero-order valence-electron chi connectivity index (χ0n) is 20.4. The summed E-state index contributed by atoms with van der Waals surface area (Å²) in [7, 11) is 1.86. The second-order valence-electron chi connectivity index (χ2n) is 9.79. The number of aliphatic hydroxyl groups is 1. The van der Waals surface area contributed by atoms with Gasteiger partial charge in [0.2, 0.25) is 0 Å². The molecule has 0 spiro atoms. The number of urea groups is 1. The molecule has 0 aliphatic heterocycles. The highest BCUT2D eigenvalue weighted by Crippen LogP contribution is 2.41. The fourth-order valence-electron chi connectivity index (χ4n) is 5.02. The molecule has 2 aromatic heterocycles. The number of para-hydroxylation sites is 1. The highest BCUT2D eigenvalue weighted by molar-refractivity contribution is 5.91. The van der Waals surface area contributed by atoms with Crippen molar-refractivity contribution in [3.63, 3.8) is 0 Å². The number of amides is 2. The first-order valence-electron chi connectivity index (χ1n) is 11.7. The van der Waals surface area contributed by atoms with Crippen molar-refractivity contribution >= 4 is 11.8 Å². The molecule has 4 aromatic rings. The second-order valence-corrected chi connectivity index (χ2v) is 9.79. The van der Waals surface area contributed by atoms with Crippen LogP contribution in [-0.4, -0.2) is 36.8 Å². The molecule has 35 heavy (non-hydrogen) atoms. The summed E-state index contributed by atoms with van der Waals surface area (Å²) in [6, 6.07) is 16.7. The van der Waals surface area contributed by atoms with Crippen LogP contribution >= 0.6 is 0 Å². The summed E-state index contributed by atoms with van der Waals surface area (Å²) in [5.41, 5.74) is 5.15. The molecule has 2 heterocycles. The normalized spacial score (nSPS) is 18.7. The number of rotatable bonds is 4. The maximum absolute atomic E-state index is 13.3. The third kappa shape index (κ3) is 4.21. The Bertz CT molecular complexity index is 1370. The number of nitrogens with one attached hydrogen (secondary N) is 2. The van der Waals surface area contributed by atoms with Gasteiger partial charge in [-0.05, 0) is 42.0 Å². The predicted octanol–water partition coefficient (Wildman–Crippen LogP) is 4.49. The second kappa shape index (κ2) is 8.70. The van der Waals surface area contributed by atoms with Crippen LogP contribution < -0.4 is 10.6 Å². The molecular formula is C27H30N6O2. The van der Waals surface area contributed by atoms with Gasteiger partial charge in [-0.3, -0.25) is 10.00 Å². The average molecular weight is 471 g/mol. The van der Waals surface area contributed by atoms with E-state index in [1.54, 1.807) is 15.6 Å². The van der Waals surface area contributed by atoms with Crippen molar-refractivity contribution in [1.82, 2.24) is 24.9 Å². The first kappa shape index (κ1) is 22.9. The topological polar surface area (TPSA) is 97.0 Å². The van der Waals surface area contributed by atoms with Gasteiger partial charge < -0.3 is 10.4 Å². The third-order valence-electron chi connectivity index (χ3n) is 6.75. The van der Waals surface area contributed by atoms with Gasteiger partial charge >= 0.3 is 6.03 Å². The summed E-state index contributed by atoms with van der Waals surface area (Å²) in [6.45, 7) is 6.16. The van der Waals surface area contributed by atoms with E-state index in [4.69, 9.17) is 5.10 Å². The summed E-state index contributed by atoms with van der Waals surface area (Å²) in [5.74, 6) is 0.562. The number of fused-ring (bicyclic) bond motifs is 1. The molecule has 3 N–H and O–H groups in total. The Labute approximate surface area is 204 Å². The van der Waals surface area contributed by atoms with E-state index in [2.05, 4.69) is 35.6 Å². The zero-order chi connectivity index (χ0) is 24.7. The predicted molar refractivity (Wildman–Crippen MR) is 135 cm³/mol. The van der Waals surface area contributed by atoms with Crippen molar-refractivity contribution in [2.45, 2.75) is 44.8 Å². The Hall–Kier alpha value is -3.91. The third-order valence-corrected chi connectivity index (χ3v) is 6.75. The Morgan fingerprint density at radius 2 is 1.83 bits per heavy atom. The van der Waals surface area contributed by atoms with Crippen LogP contribution in [0.5, 0.6) is 0 Å². The maximum Gasteiger partial charge on any atom is 0.320 e. The minimum absolute atomic E-state index is 0.175. The van der Waals surface area contributed by atoms with Crippen LogP contribution in [0.25, 0.3) is 16.9 Å². The highest BCUT2D eigenvalue weighted by Gasteiger charge is 2.39. The van der Waals surface area contributed by atoms with Crippen molar-refractivity contribution in [2.75, 3.05) is 5.32 Å². The lowest BCUT2D eigenvalue weighted by Crippen LogP contribution is -2.45. The van der Waals surface area contributed by atoms with Crippen LogP contribution in [0.4, 0.5) is 10.6 Å². The fraction of sp³-hybridized carbons (Fsp3) is 0.296. The van der Waals surface area contributed by atoms with E-state index in [0.29, 0.717) is 12.2 Å². The van der Waals surface area contributed by atoms with Gasteiger partial charge in [-0.15, -0.1) is 0 Å². The Morgan fingerprint density at radius 1 is 1.11 bits per heavy atom. The molecule has 2 aromatic carbocycles. The largest absolute Gasteiger partial charge is 0.391 e. The van der Waals surface area contributed by atoms with Gasteiger partial charge in [-0.25, -0.2) is 9.48 Å². The van der Waals surface area contributed by atoms with E-state index in [9.17, 15) is 9.90 Å². The average Bonchev–Trinajstić information content (AvgIpc) is 3.40.